The number of carbonyl (C=O) groups excluding carboxylic acids is 2. The van der Waals surface area contributed by atoms with Gasteiger partial charge in [0, 0.05) is 44.8 Å². The summed E-state index contributed by atoms with van der Waals surface area (Å²) >= 11 is 9.24. The van der Waals surface area contributed by atoms with E-state index in [4.69, 9.17) is 16.3 Å². The third-order valence-corrected chi connectivity index (χ3v) is 14.7. The number of pyridine rings is 2. The van der Waals surface area contributed by atoms with E-state index in [0.717, 1.165) is 61.8 Å². The fourth-order valence-electron chi connectivity index (χ4n) is 8.74. The van der Waals surface area contributed by atoms with Gasteiger partial charge in [-0.15, -0.1) is 11.3 Å². The lowest BCUT2D eigenvalue weighted by molar-refractivity contribution is 0.0754. The lowest BCUT2D eigenvalue weighted by Gasteiger charge is -2.45. The second-order valence-electron chi connectivity index (χ2n) is 16.5. The van der Waals surface area contributed by atoms with Crippen LogP contribution in [0.25, 0.3) is 0 Å². The Morgan fingerprint density at radius 1 is 0.714 bits per heavy atom. The van der Waals surface area contributed by atoms with Crippen LogP contribution in [0.4, 0.5) is 4.39 Å². The Balaban J connectivity index is 0.000000190. The zero-order valence-electron chi connectivity index (χ0n) is 36.1. The minimum absolute atomic E-state index is 0.0608. The van der Waals surface area contributed by atoms with Crippen molar-refractivity contribution in [3.8, 4) is 11.6 Å². The highest BCUT2D eigenvalue weighted by molar-refractivity contribution is 7.99. The van der Waals surface area contributed by atoms with Crippen molar-refractivity contribution < 1.29 is 18.7 Å². The zero-order valence-corrected chi connectivity index (χ0v) is 38.5. The molecule has 3 aromatic carbocycles. The first-order valence-electron chi connectivity index (χ1n) is 21.3. The third-order valence-electron chi connectivity index (χ3n) is 12.4. The molecular weight excluding hydrogens is 851 g/mol. The molecular formula is C50H54ClFN6O3S2. The highest BCUT2D eigenvalue weighted by Gasteiger charge is 2.41. The summed E-state index contributed by atoms with van der Waals surface area (Å²) in [5.41, 5.74) is 1.85. The van der Waals surface area contributed by atoms with Crippen molar-refractivity contribution in [1.82, 2.24) is 30.4 Å². The van der Waals surface area contributed by atoms with Crippen molar-refractivity contribution in [3.05, 3.63) is 165 Å². The van der Waals surface area contributed by atoms with E-state index in [2.05, 4.69) is 62.0 Å². The minimum Gasteiger partial charge on any atom is -0.438 e. The number of aromatic nitrogens is 2. The number of thiophene rings is 1. The molecule has 0 atom stereocenters. The fraction of sp³-hybridized carbons (Fsp3) is 0.320. The van der Waals surface area contributed by atoms with Crippen LogP contribution in [0.2, 0.25) is 5.02 Å². The molecule has 9 nitrogen and oxygen atoms in total. The predicted octanol–water partition coefficient (Wildman–Crippen LogP) is 11.2. The van der Waals surface area contributed by atoms with Gasteiger partial charge in [-0.05, 0) is 169 Å². The van der Waals surface area contributed by atoms with Crippen molar-refractivity contribution in [1.29, 1.82) is 0 Å². The van der Waals surface area contributed by atoms with Crippen LogP contribution in [-0.4, -0.2) is 71.9 Å². The van der Waals surface area contributed by atoms with Crippen molar-refractivity contribution in [3.63, 3.8) is 0 Å². The summed E-state index contributed by atoms with van der Waals surface area (Å²) in [6, 6.07) is 35.4. The van der Waals surface area contributed by atoms with E-state index in [0.29, 0.717) is 32.8 Å². The Labute approximate surface area is 383 Å². The summed E-state index contributed by atoms with van der Waals surface area (Å²) in [5, 5.41) is 9.89. The van der Waals surface area contributed by atoms with Crippen LogP contribution in [-0.2, 0) is 11.1 Å². The second-order valence-corrected chi connectivity index (χ2v) is 19.0. The molecule has 8 rings (SSSR count). The van der Waals surface area contributed by atoms with Crippen LogP contribution in [0.1, 0.15) is 82.5 Å². The number of hydrogen-bond acceptors (Lipinski definition) is 9. The number of benzene rings is 3. The first-order valence-corrected chi connectivity index (χ1v) is 23.4. The lowest BCUT2D eigenvalue weighted by atomic mass is 9.74. The summed E-state index contributed by atoms with van der Waals surface area (Å²) in [6.45, 7) is 0. The molecule has 2 amide bonds. The number of hydrogen-bond donors (Lipinski definition) is 2. The number of halogens is 2. The van der Waals surface area contributed by atoms with Gasteiger partial charge in [-0.3, -0.25) is 19.4 Å². The molecule has 2 fully saturated rings. The number of nitrogens with one attached hydrogen (secondary N) is 2. The quantitative estimate of drug-likeness (QED) is 0.125. The minimum atomic E-state index is -0.229. The van der Waals surface area contributed by atoms with Crippen molar-refractivity contribution in [2.75, 3.05) is 28.2 Å². The SMILES string of the molecule is CN(C)C1(c2cccc(F)c2)CCC(NC(=O)c2cccnc2Sc2ccc(Cl)cc2)CC1.CN(C)C1(c2cccs2)CCC(NC(=O)c2cccnc2Oc2ccccc2)CC1. The van der Waals surface area contributed by atoms with Gasteiger partial charge in [-0.25, -0.2) is 14.4 Å². The maximum absolute atomic E-state index is 13.9. The summed E-state index contributed by atoms with van der Waals surface area (Å²) in [5.74, 6) is 0.527. The maximum Gasteiger partial charge on any atom is 0.257 e. The topological polar surface area (TPSA) is 99.7 Å². The molecule has 0 unspecified atom stereocenters. The molecule has 3 aromatic heterocycles. The number of carbonyl (C=O) groups is 2. The van der Waals surface area contributed by atoms with Gasteiger partial charge in [0.15, 0.2) is 0 Å². The number of nitrogens with zero attached hydrogens (tertiary/aromatic N) is 4. The van der Waals surface area contributed by atoms with Gasteiger partial charge in [0.05, 0.1) is 11.1 Å². The largest absolute Gasteiger partial charge is 0.438 e. The van der Waals surface area contributed by atoms with Crippen molar-refractivity contribution in [2.24, 2.45) is 0 Å². The average molecular weight is 906 g/mol. The van der Waals surface area contributed by atoms with Crippen LogP contribution < -0.4 is 15.4 Å². The number of rotatable bonds is 12. The van der Waals surface area contributed by atoms with Crippen LogP contribution >= 0.6 is 34.7 Å². The Morgan fingerprint density at radius 2 is 1.32 bits per heavy atom. The van der Waals surface area contributed by atoms with Gasteiger partial charge in [-0.2, -0.15) is 0 Å². The van der Waals surface area contributed by atoms with Gasteiger partial charge < -0.3 is 15.4 Å². The molecule has 328 valence electrons. The Morgan fingerprint density at radius 3 is 1.92 bits per heavy atom. The van der Waals surface area contributed by atoms with Crippen molar-refractivity contribution in [2.45, 2.75) is 84.4 Å². The monoisotopic (exact) mass is 904 g/mol. The Hall–Kier alpha value is -5.11. The van der Waals surface area contributed by atoms with Crippen LogP contribution in [0, 0.1) is 5.82 Å². The molecule has 0 radical (unpaired) electrons. The average Bonchev–Trinajstić information content (AvgIpc) is 3.85. The molecule has 6 aromatic rings. The van der Waals surface area contributed by atoms with Gasteiger partial charge in [0.2, 0.25) is 5.88 Å². The van der Waals surface area contributed by atoms with E-state index >= 15 is 0 Å². The number of amides is 2. The Kier molecular flexibility index (Phi) is 15.3. The molecule has 2 saturated carbocycles. The highest BCUT2D eigenvalue weighted by Crippen LogP contribution is 2.44. The molecule has 0 spiro atoms. The van der Waals surface area contributed by atoms with E-state index in [-0.39, 0.29) is 40.8 Å². The molecule has 13 heteroatoms. The van der Waals surface area contributed by atoms with Gasteiger partial charge >= 0.3 is 0 Å². The summed E-state index contributed by atoms with van der Waals surface area (Å²) in [6.07, 6.45) is 10.6. The second kappa shape index (κ2) is 21.0. The first-order chi connectivity index (χ1) is 30.5. The molecule has 0 saturated heterocycles. The number of para-hydroxylation sites is 1. The predicted molar refractivity (Wildman–Crippen MR) is 251 cm³/mol. The molecule has 2 N–H and O–H groups in total. The molecule has 3 heterocycles. The molecule has 2 aliphatic rings. The number of ether oxygens (including phenoxy) is 1. The normalized spacial score (nSPS) is 21.0. The molecule has 2 aliphatic carbocycles. The van der Waals surface area contributed by atoms with E-state index in [1.165, 1.54) is 22.7 Å². The summed E-state index contributed by atoms with van der Waals surface area (Å²) in [7, 11) is 8.39. The van der Waals surface area contributed by atoms with Crippen LogP contribution in [0.5, 0.6) is 11.6 Å². The smallest absolute Gasteiger partial charge is 0.257 e. The fourth-order valence-corrected chi connectivity index (χ4v) is 10.8. The highest BCUT2D eigenvalue weighted by atomic mass is 35.5. The molecule has 0 bridgehead atoms. The van der Waals surface area contributed by atoms with E-state index in [9.17, 15) is 14.0 Å². The lowest BCUT2D eigenvalue weighted by Crippen LogP contribution is -2.48. The van der Waals surface area contributed by atoms with Gasteiger partial charge in [0.1, 0.15) is 22.2 Å². The molecule has 0 aliphatic heterocycles. The standard InChI is InChI=1S/C26H27ClFN3OS.C24H27N3O2S/c1-31(2)26(18-5-3-6-20(28)17-18)14-12-21(13-15-26)30-24(32)23-7-4-16-29-25(23)33-22-10-8-19(27)9-11-22;1-27(2)24(21-11-7-17-30-21)14-12-18(13-15-24)26-22(28)20-10-6-16-25-23(20)29-19-8-4-3-5-9-19/h3-11,16-17,21H,12-15H2,1-2H3,(H,30,32);3-11,16-18H,12-15H2,1-2H3,(H,26,28). The van der Waals surface area contributed by atoms with Gasteiger partial charge in [0.25, 0.3) is 11.8 Å². The van der Waals surface area contributed by atoms with Crippen LogP contribution in [0.3, 0.4) is 0 Å². The summed E-state index contributed by atoms with van der Waals surface area (Å²) in [4.78, 5) is 41.8. The van der Waals surface area contributed by atoms with Gasteiger partial charge in [-0.1, -0.05) is 59.8 Å². The molecule has 63 heavy (non-hydrogen) atoms. The van der Waals surface area contributed by atoms with E-state index in [1.807, 2.05) is 86.1 Å². The van der Waals surface area contributed by atoms with Crippen LogP contribution in [0.15, 0.2) is 143 Å². The summed E-state index contributed by atoms with van der Waals surface area (Å²) < 4.78 is 19.8. The zero-order chi connectivity index (χ0) is 44.4. The maximum atomic E-state index is 13.9. The third kappa shape index (κ3) is 11.2. The van der Waals surface area contributed by atoms with Crippen molar-refractivity contribution >= 4 is 46.5 Å². The first kappa shape index (κ1) is 45.9. The Bertz CT molecular complexity index is 2420. The van der Waals surface area contributed by atoms with E-state index in [1.54, 1.807) is 48.8 Å². The van der Waals surface area contributed by atoms with E-state index < -0.39 is 0 Å².